The van der Waals surface area contributed by atoms with Crippen molar-refractivity contribution < 1.29 is 5.11 Å². The molecule has 1 atom stereocenters. The van der Waals surface area contributed by atoms with Crippen molar-refractivity contribution in [3.8, 4) is 0 Å². The normalized spacial score (nSPS) is 12.9. The number of nitrogens with zero attached hydrogens (tertiary/aromatic N) is 1. The van der Waals surface area contributed by atoms with Crippen LogP contribution in [0.2, 0.25) is 0 Å². The molecule has 1 aromatic carbocycles. The van der Waals surface area contributed by atoms with Crippen LogP contribution in [0.25, 0.3) is 10.9 Å². The summed E-state index contributed by atoms with van der Waals surface area (Å²) in [5.41, 5.74) is 10.8. The molecule has 0 aliphatic carbocycles. The Hall–Kier alpha value is -1.74. The molecule has 3 N–H and O–H groups in total. The third kappa shape index (κ3) is 1.91. The van der Waals surface area contributed by atoms with Gasteiger partial charge in [0.2, 0.25) is 0 Å². The summed E-state index contributed by atoms with van der Waals surface area (Å²) in [5.74, 6) is 0.0408. The summed E-state index contributed by atoms with van der Waals surface area (Å²) in [7, 11) is 2.06. The van der Waals surface area contributed by atoms with Crippen LogP contribution in [0.4, 0.5) is 0 Å². The van der Waals surface area contributed by atoms with E-state index >= 15 is 0 Å². The Morgan fingerprint density at radius 1 is 1.44 bits per heavy atom. The molecule has 1 unspecified atom stereocenters. The molecule has 2 aromatic rings. The third-order valence-electron chi connectivity index (χ3n) is 3.69. The lowest BCUT2D eigenvalue weighted by molar-refractivity contribution is 0.368. The van der Waals surface area contributed by atoms with E-state index in [9.17, 15) is 5.11 Å². The number of fused-ring (bicyclic) bond motifs is 1. The molecule has 18 heavy (non-hydrogen) atoms. The predicted octanol–water partition coefficient (Wildman–Crippen LogP) is 2.74. The van der Waals surface area contributed by atoms with Crippen molar-refractivity contribution in [1.82, 2.24) is 4.57 Å². The van der Waals surface area contributed by atoms with Crippen molar-refractivity contribution in [2.75, 3.05) is 0 Å². The molecule has 2 rings (SSSR count). The first-order chi connectivity index (χ1) is 8.43. The molecule has 1 heterocycles. The molecule has 0 saturated carbocycles. The average molecular weight is 244 g/mol. The Labute approximate surface area is 108 Å². The third-order valence-corrected chi connectivity index (χ3v) is 3.69. The minimum absolute atomic E-state index is 0.0408. The van der Waals surface area contributed by atoms with Gasteiger partial charge in [0.1, 0.15) is 5.76 Å². The standard InChI is InChI=1S/C15H20N2O/c1-9-6-5-7-12-13(8-14(16)11(3)18)10(2)17(4)15(9)12/h5-7,14,18H,3,8,16H2,1-2,4H3. The maximum absolute atomic E-state index is 9.38. The van der Waals surface area contributed by atoms with Crippen LogP contribution < -0.4 is 5.73 Å². The van der Waals surface area contributed by atoms with Crippen molar-refractivity contribution in [3.05, 3.63) is 47.4 Å². The summed E-state index contributed by atoms with van der Waals surface area (Å²) in [6, 6.07) is 5.86. The van der Waals surface area contributed by atoms with Crippen LogP contribution in [0.1, 0.15) is 16.8 Å². The Bertz CT molecular complexity index is 610. The van der Waals surface area contributed by atoms with Crippen molar-refractivity contribution in [1.29, 1.82) is 0 Å². The summed E-state index contributed by atoms with van der Waals surface area (Å²) >= 11 is 0. The van der Waals surface area contributed by atoms with E-state index in [0.717, 1.165) is 0 Å². The maximum atomic E-state index is 9.38. The van der Waals surface area contributed by atoms with E-state index in [4.69, 9.17) is 5.73 Å². The minimum Gasteiger partial charge on any atom is -0.511 e. The van der Waals surface area contributed by atoms with Gasteiger partial charge < -0.3 is 15.4 Å². The van der Waals surface area contributed by atoms with Crippen LogP contribution >= 0.6 is 0 Å². The van der Waals surface area contributed by atoms with E-state index in [1.54, 1.807) is 0 Å². The first kappa shape index (κ1) is 12.7. The fourth-order valence-electron chi connectivity index (χ4n) is 2.51. The predicted molar refractivity (Wildman–Crippen MR) is 75.8 cm³/mol. The molecule has 96 valence electrons. The van der Waals surface area contributed by atoms with E-state index in [1.807, 2.05) is 0 Å². The second-order valence-corrected chi connectivity index (χ2v) is 4.90. The van der Waals surface area contributed by atoms with Crippen LogP contribution in [0, 0.1) is 13.8 Å². The van der Waals surface area contributed by atoms with E-state index in [0.29, 0.717) is 6.42 Å². The highest BCUT2D eigenvalue weighted by Gasteiger charge is 2.16. The highest BCUT2D eigenvalue weighted by Crippen LogP contribution is 2.28. The van der Waals surface area contributed by atoms with Crippen LogP contribution in [-0.4, -0.2) is 15.7 Å². The molecule has 0 amide bonds. The van der Waals surface area contributed by atoms with Crippen molar-refractivity contribution in [3.63, 3.8) is 0 Å². The second kappa shape index (κ2) is 4.50. The fraction of sp³-hybridized carbons (Fsp3) is 0.333. The quantitative estimate of drug-likeness (QED) is 0.816. The second-order valence-electron chi connectivity index (χ2n) is 4.90. The monoisotopic (exact) mass is 244 g/mol. The molecular weight excluding hydrogens is 224 g/mol. The highest BCUT2D eigenvalue weighted by molar-refractivity contribution is 5.88. The molecule has 0 radical (unpaired) electrons. The molecule has 0 spiro atoms. The molecule has 0 saturated heterocycles. The van der Waals surface area contributed by atoms with Crippen molar-refractivity contribution >= 4 is 10.9 Å². The van der Waals surface area contributed by atoms with E-state index in [2.05, 4.69) is 50.2 Å². The smallest absolute Gasteiger partial charge is 0.102 e. The van der Waals surface area contributed by atoms with Gasteiger partial charge in [0.25, 0.3) is 0 Å². The van der Waals surface area contributed by atoms with Crippen molar-refractivity contribution in [2.24, 2.45) is 12.8 Å². The molecule has 3 heteroatoms. The summed E-state index contributed by atoms with van der Waals surface area (Å²) in [5, 5.41) is 10.6. The number of nitrogens with two attached hydrogens (primary N) is 1. The number of aliphatic hydroxyl groups is 1. The molecule has 0 aliphatic rings. The summed E-state index contributed by atoms with van der Waals surface area (Å²) in [6.07, 6.45) is 0.613. The fourth-order valence-corrected chi connectivity index (χ4v) is 2.51. The Balaban J connectivity index is 2.61. The van der Waals surface area contributed by atoms with Gasteiger partial charge in [-0.1, -0.05) is 24.8 Å². The van der Waals surface area contributed by atoms with Crippen LogP contribution in [0.15, 0.2) is 30.5 Å². The lowest BCUT2D eigenvalue weighted by atomic mass is 10.0. The lowest BCUT2D eigenvalue weighted by Crippen LogP contribution is -2.25. The molecule has 0 fully saturated rings. The van der Waals surface area contributed by atoms with Crippen molar-refractivity contribution in [2.45, 2.75) is 26.3 Å². The largest absolute Gasteiger partial charge is 0.511 e. The highest BCUT2D eigenvalue weighted by atomic mass is 16.3. The SMILES string of the molecule is C=C(O)C(N)Cc1c(C)n(C)c2c(C)cccc12. The number of hydrogen-bond donors (Lipinski definition) is 2. The van der Waals surface area contributed by atoms with Gasteiger partial charge >= 0.3 is 0 Å². The zero-order chi connectivity index (χ0) is 13.4. The Morgan fingerprint density at radius 3 is 2.72 bits per heavy atom. The van der Waals surface area contributed by atoms with Gasteiger partial charge in [-0.3, -0.25) is 0 Å². The average Bonchev–Trinajstić information content (AvgIpc) is 2.55. The molecule has 0 bridgehead atoms. The van der Waals surface area contributed by atoms with Crippen LogP contribution in [-0.2, 0) is 13.5 Å². The summed E-state index contributed by atoms with van der Waals surface area (Å²) < 4.78 is 2.19. The van der Waals surface area contributed by atoms with E-state index in [1.165, 1.54) is 27.7 Å². The number of aromatic nitrogens is 1. The first-order valence-corrected chi connectivity index (χ1v) is 6.10. The molecule has 3 nitrogen and oxygen atoms in total. The van der Waals surface area contributed by atoms with Gasteiger partial charge in [0, 0.05) is 18.1 Å². The topological polar surface area (TPSA) is 51.2 Å². The molecule has 1 aromatic heterocycles. The van der Waals surface area contributed by atoms with Gasteiger partial charge in [-0.15, -0.1) is 0 Å². The number of aryl methyl sites for hydroxylation is 2. The zero-order valence-electron chi connectivity index (χ0n) is 11.2. The molecule has 0 aliphatic heterocycles. The minimum atomic E-state index is -0.408. The lowest BCUT2D eigenvalue weighted by Gasteiger charge is -2.10. The number of benzene rings is 1. The summed E-state index contributed by atoms with van der Waals surface area (Å²) in [4.78, 5) is 0. The maximum Gasteiger partial charge on any atom is 0.102 e. The van der Waals surface area contributed by atoms with Crippen LogP contribution in [0.3, 0.4) is 0 Å². The number of hydrogen-bond acceptors (Lipinski definition) is 2. The van der Waals surface area contributed by atoms with Gasteiger partial charge in [-0.05, 0) is 31.4 Å². The number of aliphatic hydroxyl groups excluding tert-OH is 1. The van der Waals surface area contributed by atoms with E-state index in [-0.39, 0.29) is 5.76 Å². The Morgan fingerprint density at radius 2 is 2.11 bits per heavy atom. The zero-order valence-corrected chi connectivity index (χ0v) is 11.2. The van der Waals surface area contributed by atoms with Gasteiger partial charge in [0.05, 0.1) is 11.6 Å². The Kier molecular flexibility index (Phi) is 3.18. The van der Waals surface area contributed by atoms with Crippen LogP contribution in [0.5, 0.6) is 0 Å². The molecular formula is C15H20N2O. The van der Waals surface area contributed by atoms with Gasteiger partial charge in [-0.25, -0.2) is 0 Å². The number of para-hydroxylation sites is 1. The van der Waals surface area contributed by atoms with E-state index < -0.39 is 6.04 Å². The first-order valence-electron chi connectivity index (χ1n) is 6.10. The number of rotatable bonds is 3. The van der Waals surface area contributed by atoms with Gasteiger partial charge in [0.15, 0.2) is 0 Å². The summed E-state index contributed by atoms with van der Waals surface area (Å²) in [6.45, 7) is 7.70. The van der Waals surface area contributed by atoms with Gasteiger partial charge in [-0.2, -0.15) is 0 Å².